The summed E-state index contributed by atoms with van der Waals surface area (Å²) in [7, 11) is 1.40. The van der Waals surface area contributed by atoms with Crippen molar-refractivity contribution in [1.82, 2.24) is 36.1 Å². The molecular weight excluding hydrogens is 843 g/mol. The van der Waals surface area contributed by atoms with Gasteiger partial charge in [0.05, 0.1) is 23.0 Å². The zero-order chi connectivity index (χ0) is 47.9. The highest BCUT2D eigenvalue weighted by atomic mass is 16.5. The lowest BCUT2D eigenvalue weighted by Crippen LogP contribution is -2.56. The summed E-state index contributed by atoms with van der Waals surface area (Å²) in [5, 5.41) is 19.9. The van der Waals surface area contributed by atoms with Crippen molar-refractivity contribution in [3.05, 3.63) is 112 Å². The van der Waals surface area contributed by atoms with Crippen LogP contribution in [0.15, 0.2) is 67.2 Å². The Morgan fingerprint density at radius 3 is 2.15 bits per heavy atom. The molecular formula is C48H55N11O7. The number of nitriles is 1. The van der Waals surface area contributed by atoms with E-state index in [4.69, 9.17) is 31.9 Å². The fourth-order valence-corrected chi connectivity index (χ4v) is 7.29. The van der Waals surface area contributed by atoms with Crippen molar-refractivity contribution in [1.29, 1.82) is 5.26 Å². The second-order valence-corrected chi connectivity index (χ2v) is 15.4. The predicted molar refractivity (Wildman–Crippen MR) is 247 cm³/mol. The highest BCUT2D eigenvalue weighted by Gasteiger charge is 2.36. The van der Waals surface area contributed by atoms with Gasteiger partial charge in [-0.1, -0.05) is 42.8 Å². The summed E-state index contributed by atoms with van der Waals surface area (Å²) in [4.78, 5) is 80.4. The number of amides is 5. The van der Waals surface area contributed by atoms with Crippen LogP contribution in [0.5, 0.6) is 11.5 Å². The highest BCUT2D eigenvalue weighted by Crippen LogP contribution is 2.40. The monoisotopic (exact) mass is 897 g/mol. The van der Waals surface area contributed by atoms with Crippen molar-refractivity contribution >= 4 is 35.6 Å². The number of carbonyl (C=O) groups excluding carboxylic acids is 5. The molecule has 5 amide bonds. The van der Waals surface area contributed by atoms with Gasteiger partial charge in [0, 0.05) is 43.2 Å². The van der Waals surface area contributed by atoms with Crippen molar-refractivity contribution in [2.45, 2.75) is 57.8 Å². The standard InChI is InChI=1S/C48H55N11O7/c1-6-31-7-9-32(10-8-31)12-16-41-54-28(2)42(29(3)55-41)46(62)57-37(17-18-49)48(64)59(5)43-34-13-15-40(66-24-21-52)36(27-34)35-25-33(11-14-39(35)65-23-20-51)26-38(45(61)53-22-19-50)58-44(60)30(4)56-47(43)63/h6-11,13-15,25,27,30,37-38,43H,1,17-18,20-24,26,49,51-52H2,2-5H3,(H,53,61)(H,56,63)(H,57,62)(H,58,60). The molecule has 4 unspecified atom stereocenters. The maximum atomic E-state index is 14.7. The van der Waals surface area contributed by atoms with Crippen LogP contribution >= 0.6 is 0 Å². The van der Waals surface area contributed by atoms with E-state index in [0.717, 1.165) is 11.1 Å². The molecule has 1 aliphatic rings. The Labute approximate surface area is 383 Å². The van der Waals surface area contributed by atoms with Crippen LogP contribution in [0.25, 0.3) is 17.2 Å². The smallest absolute Gasteiger partial charge is 0.255 e. The van der Waals surface area contributed by atoms with Crippen LogP contribution in [0.2, 0.25) is 0 Å². The second kappa shape index (κ2) is 23.3. The number of hydrogen-bond donors (Lipinski definition) is 7. The lowest BCUT2D eigenvalue weighted by molar-refractivity contribution is -0.141. The average Bonchev–Trinajstić information content (AvgIpc) is 3.30. The summed E-state index contributed by atoms with van der Waals surface area (Å²) in [5.41, 5.74) is 22.0. The number of aryl methyl sites for hydroxylation is 2. The van der Waals surface area contributed by atoms with E-state index in [2.05, 4.69) is 49.7 Å². The van der Waals surface area contributed by atoms with Gasteiger partial charge in [-0.15, -0.1) is 0 Å². The van der Waals surface area contributed by atoms with Crippen LogP contribution in [0.3, 0.4) is 0 Å². The molecule has 0 aliphatic carbocycles. The molecule has 4 aromatic rings. The lowest BCUT2D eigenvalue weighted by atomic mass is 9.93. The Hall–Kier alpha value is -7.64. The van der Waals surface area contributed by atoms with Crippen LogP contribution in [0.1, 0.15) is 69.2 Å². The number of nitrogens with two attached hydrogens (primary N) is 3. The quantitative estimate of drug-likeness (QED) is 0.0656. The summed E-state index contributed by atoms with van der Waals surface area (Å²) in [6.07, 6.45) is 1.71. The number of fused-ring (bicyclic) bond motifs is 5. The maximum Gasteiger partial charge on any atom is 0.255 e. The van der Waals surface area contributed by atoms with Gasteiger partial charge < -0.3 is 52.8 Å². The van der Waals surface area contributed by atoms with Crippen molar-refractivity contribution in [2.24, 2.45) is 17.2 Å². The van der Waals surface area contributed by atoms with E-state index < -0.39 is 53.7 Å². The summed E-state index contributed by atoms with van der Waals surface area (Å²) < 4.78 is 12.2. The number of ether oxygens (including phenoxy) is 2. The number of nitrogens with one attached hydrogen (secondary N) is 4. The Morgan fingerprint density at radius 2 is 1.55 bits per heavy atom. The number of nitrogens with zero attached hydrogens (tertiary/aromatic N) is 4. The molecule has 0 saturated heterocycles. The number of carbonyl (C=O) groups is 5. The van der Waals surface area contributed by atoms with E-state index in [0.29, 0.717) is 45.1 Å². The van der Waals surface area contributed by atoms with Gasteiger partial charge in [-0.25, -0.2) is 9.97 Å². The average molecular weight is 898 g/mol. The Bertz CT molecular complexity index is 2540. The van der Waals surface area contributed by atoms with Gasteiger partial charge in [0.15, 0.2) is 0 Å². The van der Waals surface area contributed by atoms with Gasteiger partial charge in [-0.2, -0.15) is 5.26 Å². The normalized spacial score (nSPS) is 16.1. The fourth-order valence-electron chi connectivity index (χ4n) is 7.29. The molecule has 0 spiro atoms. The summed E-state index contributed by atoms with van der Waals surface area (Å²) in [6, 6.07) is 14.4. The molecule has 0 radical (unpaired) electrons. The van der Waals surface area contributed by atoms with Crippen molar-refractivity contribution in [2.75, 3.05) is 46.4 Å². The first-order valence-corrected chi connectivity index (χ1v) is 21.3. The maximum absolute atomic E-state index is 14.7. The first-order chi connectivity index (χ1) is 31.7. The molecule has 4 atom stereocenters. The third-order valence-corrected chi connectivity index (χ3v) is 10.6. The molecule has 5 rings (SSSR count). The molecule has 18 nitrogen and oxygen atoms in total. The molecule has 0 saturated carbocycles. The highest BCUT2D eigenvalue weighted by molar-refractivity contribution is 6.00. The minimum atomic E-state index is -1.42. The summed E-state index contributed by atoms with van der Waals surface area (Å²) in [6.45, 7) is 8.79. The lowest BCUT2D eigenvalue weighted by Gasteiger charge is -2.32. The molecule has 1 aliphatic heterocycles. The number of rotatable bonds is 15. The molecule has 10 N–H and O–H groups in total. The van der Waals surface area contributed by atoms with Crippen molar-refractivity contribution in [3.8, 4) is 40.5 Å². The van der Waals surface area contributed by atoms with Crippen LogP contribution in [0.4, 0.5) is 0 Å². The van der Waals surface area contributed by atoms with Crippen molar-refractivity contribution in [3.63, 3.8) is 0 Å². The molecule has 3 aromatic carbocycles. The van der Waals surface area contributed by atoms with Gasteiger partial charge in [0.1, 0.15) is 55.4 Å². The third-order valence-electron chi connectivity index (χ3n) is 10.6. The molecule has 0 fully saturated rings. The Morgan fingerprint density at radius 1 is 0.909 bits per heavy atom. The summed E-state index contributed by atoms with van der Waals surface area (Å²) >= 11 is 0. The third kappa shape index (κ3) is 12.3. The molecule has 344 valence electrons. The number of benzene rings is 3. The minimum Gasteiger partial charge on any atom is -0.492 e. The largest absolute Gasteiger partial charge is 0.492 e. The zero-order valence-corrected chi connectivity index (χ0v) is 37.4. The van der Waals surface area contributed by atoms with Crippen LogP contribution < -0.4 is 47.9 Å². The van der Waals surface area contributed by atoms with Gasteiger partial charge in [-0.05, 0) is 92.7 Å². The van der Waals surface area contributed by atoms with Gasteiger partial charge in [0.25, 0.3) is 5.91 Å². The minimum absolute atomic E-state index is 0.00432. The van der Waals surface area contributed by atoms with E-state index in [1.807, 2.05) is 30.3 Å². The van der Waals surface area contributed by atoms with E-state index in [1.54, 1.807) is 56.3 Å². The molecule has 2 heterocycles. The first-order valence-electron chi connectivity index (χ1n) is 21.3. The topological polar surface area (TPSA) is 283 Å². The van der Waals surface area contributed by atoms with E-state index >= 15 is 0 Å². The van der Waals surface area contributed by atoms with Gasteiger partial charge in [-0.3, -0.25) is 24.0 Å². The van der Waals surface area contributed by atoms with Gasteiger partial charge in [0.2, 0.25) is 29.5 Å². The summed E-state index contributed by atoms with van der Waals surface area (Å²) in [5.74, 6) is 3.49. The van der Waals surface area contributed by atoms with Crippen LogP contribution in [-0.4, -0.2) is 109 Å². The SMILES string of the molecule is C=Cc1ccc(C#Cc2nc(C)c(C(=O)NC(CCN)C(=O)N(C)C3C(=O)NC(C)C(=O)NC(C(=O)NCC#N)Cc4ccc(OCCN)c(c4)-c4cc3ccc4OCCN)c(C)n2)cc1. The molecule has 1 aromatic heterocycles. The van der Waals surface area contributed by atoms with Gasteiger partial charge >= 0.3 is 0 Å². The molecule has 66 heavy (non-hydrogen) atoms. The van der Waals surface area contributed by atoms with Crippen LogP contribution in [-0.2, 0) is 25.6 Å². The van der Waals surface area contributed by atoms with E-state index in [9.17, 15) is 24.0 Å². The number of aromatic nitrogens is 2. The van der Waals surface area contributed by atoms with Crippen LogP contribution in [0, 0.1) is 37.0 Å². The molecule has 4 bridgehead atoms. The number of hydrogen-bond acceptors (Lipinski definition) is 13. The zero-order valence-electron chi connectivity index (χ0n) is 37.4. The van der Waals surface area contributed by atoms with E-state index in [-0.39, 0.29) is 63.6 Å². The Kier molecular flexibility index (Phi) is 17.5. The van der Waals surface area contributed by atoms with Crippen molar-refractivity contribution < 1.29 is 33.4 Å². The van der Waals surface area contributed by atoms with E-state index in [1.165, 1.54) is 18.9 Å². The second-order valence-electron chi connectivity index (χ2n) is 15.4. The first kappa shape index (κ1) is 49.4. The predicted octanol–water partition coefficient (Wildman–Crippen LogP) is 1.31. The fraction of sp³-hybridized carbons (Fsp3) is 0.333. The number of likely N-dealkylation sites (N-methyl/N-ethyl adjacent to an activating group) is 1. The molecule has 18 heteroatoms. The Balaban J connectivity index is 1.56.